The van der Waals surface area contributed by atoms with Crippen LogP contribution in [0.15, 0.2) is 10.6 Å². The van der Waals surface area contributed by atoms with Crippen molar-refractivity contribution in [1.29, 1.82) is 0 Å². The predicted octanol–water partition coefficient (Wildman–Crippen LogP) is 3.25. The van der Waals surface area contributed by atoms with Gasteiger partial charge in [0.2, 0.25) is 0 Å². The second-order valence-corrected chi connectivity index (χ2v) is 3.42. The van der Waals surface area contributed by atoms with Gasteiger partial charge in [-0.1, -0.05) is 31.4 Å². The molecule has 2 nitrogen and oxygen atoms in total. The quantitative estimate of drug-likeness (QED) is 0.391. The van der Waals surface area contributed by atoms with Crippen LogP contribution in [-0.2, 0) is 9.53 Å². The number of unbranched alkanes of at least 4 members (excludes halogenated alkanes) is 2. The molecule has 0 heterocycles. The number of carbonyl (C=O) groups is 1. The highest BCUT2D eigenvalue weighted by Gasteiger charge is 2.09. The third-order valence-corrected chi connectivity index (χ3v) is 2.37. The highest BCUT2D eigenvalue weighted by molar-refractivity contribution is 6.41. The minimum Gasteiger partial charge on any atom is -0.465 e. The zero-order valence-electron chi connectivity index (χ0n) is 8.52. The van der Waals surface area contributed by atoms with Gasteiger partial charge in [-0.25, -0.2) is 4.79 Å². The summed E-state index contributed by atoms with van der Waals surface area (Å²) in [6.45, 7) is 4.01. The van der Waals surface area contributed by atoms with Gasteiger partial charge in [-0.2, -0.15) is 0 Å². The van der Waals surface area contributed by atoms with Gasteiger partial charge in [-0.05, 0) is 25.3 Å². The average molecular weight is 205 g/mol. The van der Waals surface area contributed by atoms with Crippen LogP contribution in [0.2, 0.25) is 0 Å². The normalized spacial score (nSPS) is 12.3. The molecule has 0 aliphatic rings. The second-order valence-electron chi connectivity index (χ2n) is 3.04. The van der Waals surface area contributed by atoms with Crippen molar-refractivity contribution in [3.8, 4) is 0 Å². The first-order valence-corrected chi connectivity index (χ1v) is 4.94. The van der Waals surface area contributed by atoms with Crippen LogP contribution >= 0.6 is 11.6 Å². The third-order valence-electron chi connectivity index (χ3n) is 1.89. The van der Waals surface area contributed by atoms with Gasteiger partial charge in [-0.15, -0.1) is 0 Å². The lowest BCUT2D eigenvalue weighted by Gasteiger charge is -2.03. The molecule has 0 bridgehead atoms. The Morgan fingerprint density at radius 1 is 1.38 bits per heavy atom. The van der Waals surface area contributed by atoms with Gasteiger partial charge in [0.25, 0.3) is 0 Å². The van der Waals surface area contributed by atoms with Crippen molar-refractivity contribution in [3.05, 3.63) is 10.6 Å². The standard InChI is InChI=1S/C10H17ClO2/c1-4-5-6-7-8(2)9(11)10(12)13-3/h4-7H2,1-3H3. The smallest absolute Gasteiger partial charge is 0.349 e. The minimum absolute atomic E-state index is 0.235. The molecule has 0 aromatic heterocycles. The molecule has 0 radical (unpaired) electrons. The fourth-order valence-electron chi connectivity index (χ4n) is 1.01. The van der Waals surface area contributed by atoms with E-state index in [-0.39, 0.29) is 5.03 Å². The van der Waals surface area contributed by atoms with E-state index in [4.69, 9.17) is 11.6 Å². The van der Waals surface area contributed by atoms with E-state index in [1.807, 2.05) is 6.92 Å². The van der Waals surface area contributed by atoms with Crippen molar-refractivity contribution in [2.75, 3.05) is 7.11 Å². The maximum Gasteiger partial charge on any atom is 0.349 e. The number of allylic oxidation sites excluding steroid dienone is 1. The predicted molar refractivity (Wildman–Crippen MR) is 54.7 cm³/mol. The van der Waals surface area contributed by atoms with E-state index < -0.39 is 5.97 Å². The van der Waals surface area contributed by atoms with Gasteiger partial charge >= 0.3 is 5.97 Å². The zero-order chi connectivity index (χ0) is 10.3. The van der Waals surface area contributed by atoms with Crippen LogP contribution in [0.3, 0.4) is 0 Å². The molecule has 0 aliphatic heterocycles. The Morgan fingerprint density at radius 2 is 2.00 bits per heavy atom. The van der Waals surface area contributed by atoms with Crippen LogP contribution in [0.1, 0.15) is 39.5 Å². The molecule has 0 amide bonds. The first-order valence-electron chi connectivity index (χ1n) is 4.57. The molecule has 0 N–H and O–H groups in total. The Labute approximate surface area is 84.9 Å². The fourth-order valence-corrected chi connectivity index (χ4v) is 1.19. The van der Waals surface area contributed by atoms with Gasteiger partial charge < -0.3 is 4.74 Å². The van der Waals surface area contributed by atoms with Crippen LogP contribution in [-0.4, -0.2) is 13.1 Å². The monoisotopic (exact) mass is 204 g/mol. The van der Waals surface area contributed by atoms with Crippen LogP contribution < -0.4 is 0 Å². The van der Waals surface area contributed by atoms with E-state index in [2.05, 4.69) is 11.7 Å². The van der Waals surface area contributed by atoms with Gasteiger partial charge in [0.1, 0.15) is 5.03 Å². The largest absolute Gasteiger partial charge is 0.465 e. The summed E-state index contributed by atoms with van der Waals surface area (Å²) in [6.07, 6.45) is 4.29. The topological polar surface area (TPSA) is 26.3 Å². The van der Waals surface area contributed by atoms with Gasteiger partial charge in [-0.3, -0.25) is 0 Å². The van der Waals surface area contributed by atoms with Gasteiger partial charge in [0.05, 0.1) is 7.11 Å². The molecule has 0 aliphatic carbocycles. The summed E-state index contributed by atoms with van der Waals surface area (Å²) in [5.74, 6) is -0.435. The molecule has 0 unspecified atom stereocenters. The first kappa shape index (κ1) is 12.5. The van der Waals surface area contributed by atoms with E-state index in [9.17, 15) is 4.79 Å². The van der Waals surface area contributed by atoms with Crippen molar-refractivity contribution in [3.63, 3.8) is 0 Å². The molecule has 3 heteroatoms. The Balaban J connectivity index is 4.03. The lowest BCUT2D eigenvalue weighted by atomic mass is 10.1. The molecule has 0 saturated carbocycles. The summed E-state index contributed by atoms with van der Waals surface area (Å²) in [5.41, 5.74) is 0.918. The molecule has 0 atom stereocenters. The minimum atomic E-state index is -0.435. The highest BCUT2D eigenvalue weighted by atomic mass is 35.5. The Hall–Kier alpha value is -0.500. The van der Waals surface area contributed by atoms with Gasteiger partial charge in [0, 0.05) is 0 Å². The number of esters is 1. The summed E-state index contributed by atoms with van der Waals surface area (Å²) < 4.78 is 4.51. The van der Waals surface area contributed by atoms with Crippen LogP contribution in [0, 0.1) is 0 Å². The van der Waals surface area contributed by atoms with E-state index in [1.165, 1.54) is 20.0 Å². The summed E-state index contributed by atoms with van der Waals surface area (Å²) in [6, 6.07) is 0. The van der Waals surface area contributed by atoms with Crippen molar-refractivity contribution >= 4 is 17.6 Å². The SMILES string of the molecule is CCCCCC(C)=C(Cl)C(=O)OC. The Bertz CT molecular complexity index is 197. The molecular weight excluding hydrogens is 188 g/mol. The van der Waals surface area contributed by atoms with E-state index in [0.717, 1.165) is 18.4 Å². The lowest BCUT2D eigenvalue weighted by molar-refractivity contribution is -0.135. The van der Waals surface area contributed by atoms with Gasteiger partial charge in [0.15, 0.2) is 0 Å². The maximum atomic E-state index is 11.0. The van der Waals surface area contributed by atoms with Crippen molar-refractivity contribution in [2.24, 2.45) is 0 Å². The lowest BCUT2D eigenvalue weighted by Crippen LogP contribution is -2.02. The van der Waals surface area contributed by atoms with Crippen LogP contribution in [0.25, 0.3) is 0 Å². The summed E-state index contributed by atoms with van der Waals surface area (Å²) in [7, 11) is 1.34. The van der Waals surface area contributed by atoms with Crippen LogP contribution in [0.5, 0.6) is 0 Å². The van der Waals surface area contributed by atoms with Crippen molar-refractivity contribution in [1.82, 2.24) is 0 Å². The van der Waals surface area contributed by atoms with E-state index in [0.29, 0.717) is 0 Å². The molecule has 0 aromatic rings. The zero-order valence-corrected chi connectivity index (χ0v) is 9.28. The van der Waals surface area contributed by atoms with E-state index >= 15 is 0 Å². The Morgan fingerprint density at radius 3 is 2.46 bits per heavy atom. The molecule has 0 rings (SSSR count). The van der Waals surface area contributed by atoms with Crippen LogP contribution in [0.4, 0.5) is 0 Å². The molecule has 0 saturated heterocycles. The molecule has 0 aromatic carbocycles. The average Bonchev–Trinajstić information content (AvgIpc) is 2.15. The number of rotatable bonds is 5. The molecule has 0 fully saturated rings. The summed E-state index contributed by atoms with van der Waals surface area (Å²) in [4.78, 5) is 11.0. The molecule has 76 valence electrons. The summed E-state index contributed by atoms with van der Waals surface area (Å²) in [5, 5.41) is 0.235. The third kappa shape index (κ3) is 4.94. The number of methoxy groups -OCH3 is 1. The van der Waals surface area contributed by atoms with Crippen molar-refractivity contribution in [2.45, 2.75) is 39.5 Å². The number of ether oxygens (including phenoxy) is 1. The molecule has 0 spiro atoms. The first-order chi connectivity index (χ1) is 6.13. The number of carbonyl (C=O) groups excluding carboxylic acids is 1. The molecular formula is C10H17ClO2. The maximum absolute atomic E-state index is 11.0. The number of hydrogen-bond acceptors (Lipinski definition) is 2. The number of hydrogen-bond donors (Lipinski definition) is 0. The van der Waals surface area contributed by atoms with Crippen molar-refractivity contribution < 1.29 is 9.53 Å². The molecule has 13 heavy (non-hydrogen) atoms. The van der Waals surface area contributed by atoms with E-state index in [1.54, 1.807) is 0 Å². The highest BCUT2D eigenvalue weighted by Crippen LogP contribution is 2.16. The number of halogens is 1. The second kappa shape index (κ2) is 6.96. The fraction of sp³-hybridized carbons (Fsp3) is 0.700. The summed E-state index contributed by atoms with van der Waals surface area (Å²) >= 11 is 5.77. The Kier molecular flexibility index (Phi) is 6.69.